The Morgan fingerprint density at radius 1 is 1.04 bits per heavy atom. The van der Waals surface area contributed by atoms with Gasteiger partial charge in [0.05, 0.1) is 11.5 Å². The zero-order valence-electron chi connectivity index (χ0n) is 16.8. The summed E-state index contributed by atoms with van der Waals surface area (Å²) in [6, 6.07) is 1.26. The van der Waals surface area contributed by atoms with E-state index in [1.165, 1.54) is 12.8 Å². The molecule has 0 bridgehead atoms. The molecule has 7 nitrogen and oxygen atoms in total. The summed E-state index contributed by atoms with van der Waals surface area (Å²) in [5.74, 6) is -1.38. The van der Waals surface area contributed by atoms with Gasteiger partial charge in [-0.1, -0.05) is 0 Å². The lowest BCUT2D eigenvalue weighted by molar-refractivity contribution is -0.145. The van der Waals surface area contributed by atoms with Crippen LogP contribution in [0.2, 0.25) is 0 Å². The zero-order valence-corrected chi connectivity index (χ0v) is 18.4. The fraction of sp³-hybridized carbons (Fsp3) is 0.895. The highest BCUT2D eigenvalue weighted by Gasteiger charge is 2.44. The molecule has 0 aromatic heterocycles. The van der Waals surface area contributed by atoms with Gasteiger partial charge < -0.3 is 15.7 Å². The molecule has 1 aliphatic carbocycles. The Labute approximate surface area is 180 Å². The molecule has 0 radical (unpaired) electrons. The lowest BCUT2D eigenvalue weighted by atomic mass is 9.71. The molecule has 0 aromatic rings. The van der Waals surface area contributed by atoms with E-state index < -0.39 is 17.4 Å². The predicted octanol–water partition coefficient (Wildman–Crippen LogP) is 1.35. The van der Waals surface area contributed by atoms with Gasteiger partial charge in [0, 0.05) is 38.3 Å². The molecule has 9 heteroatoms. The number of aliphatic carboxylic acids is 1. The fourth-order valence-corrected chi connectivity index (χ4v) is 5.18. The molecule has 164 valence electrons. The molecule has 3 fully saturated rings. The Morgan fingerprint density at radius 3 is 1.93 bits per heavy atom. The van der Waals surface area contributed by atoms with Crippen LogP contribution in [0.3, 0.4) is 0 Å². The maximum Gasteiger partial charge on any atom is 0.308 e. The van der Waals surface area contributed by atoms with E-state index in [0.29, 0.717) is 12.5 Å². The average Bonchev–Trinajstić information content (AvgIpc) is 2.69. The van der Waals surface area contributed by atoms with Gasteiger partial charge in [0.1, 0.15) is 0 Å². The monoisotopic (exact) mass is 438 g/mol. The van der Waals surface area contributed by atoms with Crippen molar-refractivity contribution in [3.05, 3.63) is 0 Å². The summed E-state index contributed by atoms with van der Waals surface area (Å²) in [6.45, 7) is 8.50. The van der Waals surface area contributed by atoms with Crippen LogP contribution in [0.15, 0.2) is 0 Å². The van der Waals surface area contributed by atoms with Crippen molar-refractivity contribution in [2.24, 2.45) is 5.92 Å². The molecule has 1 saturated carbocycles. The van der Waals surface area contributed by atoms with Gasteiger partial charge in [0.2, 0.25) is 6.41 Å². The molecule has 0 spiro atoms. The van der Waals surface area contributed by atoms with Crippen molar-refractivity contribution in [1.82, 2.24) is 20.4 Å². The third kappa shape index (κ3) is 5.72. The molecular formula is C19H36Cl2N4O3. The van der Waals surface area contributed by atoms with Gasteiger partial charge in [-0.25, -0.2) is 0 Å². The van der Waals surface area contributed by atoms with Crippen molar-refractivity contribution >= 4 is 37.2 Å². The van der Waals surface area contributed by atoms with Crippen molar-refractivity contribution in [2.45, 2.75) is 63.1 Å². The average molecular weight is 439 g/mol. The Morgan fingerprint density at radius 2 is 1.50 bits per heavy atom. The number of carbonyl (C=O) groups is 2. The highest BCUT2D eigenvalue weighted by molar-refractivity contribution is 5.85. The van der Waals surface area contributed by atoms with E-state index in [4.69, 9.17) is 0 Å². The minimum Gasteiger partial charge on any atom is -0.481 e. The normalized spacial score (nSPS) is 31.1. The van der Waals surface area contributed by atoms with Crippen molar-refractivity contribution in [3.8, 4) is 0 Å². The second-order valence-electron chi connectivity index (χ2n) is 8.26. The summed E-state index contributed by atoms with van der Waals surface area (Å²) >= 11 is 0. The lowest BCUT2D eigenvalue weighted by Crippen LogP contribution is -2.59. The van der Waals surface area contributed by atoms with Crippen LogP contribution in [0.4, 0.5) is 0 Å². The van der Waals surface area contributed by atoms with Crippen LogP contribution in [0.5, 0.6) is 0 Å². The third-order valence-corrected chi connectivity index (χ3v) is 7.08. The molecule has 28 heavy (non-hydrogen) atoms. The number of amides is 1. The molecule has 2 aliphatic heterocycles. The van der Waals surface area contributed by atoms with Crippen LogP contribution in [0.1, 0.15) is 45.4 Å². The standard InChI is InChI=1S/C19H34N4O3.2ClH/c1-15(18(25)26)19(21-14-24)6-2-16(3-7-19)22-10-12-23(13-11-22)17-4-8-20-9-5-17;;/h14-17,20H,2-13H2,1H3,(H,21,24)(H,25,26);2*1H/t15-,16?,19?;;/m1../s1. The second-order valence-corrected chi connectivity index (χ2v) is 8.26. The van der Waals surface area contributed by atoms with E-state index in [9.17, 15) is 14.7 Å². The molecule has 0 unspecified atom stereocenters. The van der Waals surface area contributed by atoms with Crippen molar-refractivity contribution in [2.75, 3.05) is 39.3 Å². The minimum absolute atomic E-state index is 0. The number of rotatable bonds is 6. The first-order valence-electron chi connectivity index (χ1n) is 10.2. The highest BCUT2D eigenvalue weighted by Crippen LogP contribution is 2.36. The van der Waals surface area contributed by atoms with E-state index in [2.05, 4.69) is 20.4 Å². The number of hydrogen-bond donors (Lipinski definition) is 3. The minimum atomic E-state index is -0.826. The molecule has 2 heterocycles. The van der Waals surface area contributed by atoms with Gasteiger partial charge in [-0.3, -0.25) is 19.4 Å². The summed E-state index contributed by atoms with van der Waals surface area (Å²) in [5, 5.41) is 15.7. The number of carboxylic acid groups (broad SMARTS) is 1. The number of hydrogen-bond acceptors (Lipinski definition) is 5. The van der Waals surface area contributed by atoms with Gasteiger partial charge in [0.25, 0.3) is 0 Å². The molecule has 2 saturated heterocycles. The summed E-state index contributed by atoms with van der Waals surface area (Å²) in [5.41, 5.74) is -0.582. The molecule has 3 rings (SSSR count). The second kappa shape index (κ2) is 11.6. The third-order valence-electron chi connectivity index (χ3n) is 7.08. The van der Waals surface area contributed by atoms with Crippen molar-refractivity contribution in [1.29, 1.82) is 0 Å². The predicted molar refractivity (Wildman–Crippen MR) is 115 cm³/mol. The number of carbonyl (C=O) groups excluding carboxylic acids is 1. The summed E-state index contributed by atoms with van der Waals surface area (Å²) in [4.78, 5) is 27.8. The quantitative estimate of drug-likeness (QED) is 0.542. The van der Waals surface area contributed by atoms with E-state index >= 15 is 0 Å². The van der Waals surface area contributed by atoms with Gasteiger partial charge >= 0.3 is 5.97 Å². The van der Waals surface area contributed by atoms with Gasteiger partial charge in [-0.15, -0.1) is 24.8 Å². The smallest absolute Gasteiger partial charge is 0.308 e. The summed E-state index contributed by atoms with van der Waals surface area (Å²) in [6.07, 6.45) is 6.62. The number of carboxylic acids is 1. The van der Waals surface area contributed by atoms with Crippen LogP contribution in [0, 0.1) is 5.92 Å². The van der Waals surface area contributed by atoms with Crippen LogP contribution in [-0.4, -0.2) is 84.2 Å². The van der Waals surface area contributed by atoms with Crippen LogP contribution >= 0.6 is 24.8 Å². The summed E-state index contributed by atoms with van der Waals surface area (Å²) < 4.78 is 0. The SMILES string of the molecule is C[C@H](C(=O)O)C1(NC=O)CCC(N2CCN(C3CCNCC3)CC2)CC1.Cl.Cl. The largest absolute Gasteiger partial charge is 0.481 e. The first-order chi connectivity index (χ1) is 12.6. The number of nitrogens with zero attached hydrogens (tertiary/aromatic N) is 2. The summed E-state index contributed by atoms with van der Waals surface area (Å²) in [7, 11) is 0. The van der Waals surface area contributed by atoms with E-state index in [1.54, 1.807) is 6.92 Å². The number of halogens is 2. The highest BCUT2D eigenvalue weighted by atomic mass is 35.5. The van der Waals surface area contributed by atoms with Crippen molar-refractivity contribution < 1.29 is 14.7 Å². The molecule has 1 atom stereocenters. The van der Waals surface area contributed by atoms with Gasteiger partial charge in [-0.05, 0) is 58.5 Å². The number of nitrogens with one attached hydrogen (secondary N) is 2. The van der Waals surface area contributed by atoms with Crippen molar-refractivity contribution in [3.63, 3.8) is 0 Å². The Balaban J connectivity index is 0.00000196. The van der Waals surface area contributed by atoms with Crippen LogP contribution < -0.4 is 10.6 Å². The topological polar surface area (TPSA) is 84.9 Å². The Hall–Kier alpha value is -0.600. The molecular weight excluding hydrogens is 403 g/mol. The maximum atomic E-state index is 11.5. The van der Waals surface area contributed by atoms with Crippen LogP contribution in [-0.2, 0) is 9.59 Å². The molecule has 3 aliphatic rings. The Kier molecular flexibility index (Phi) is 10.5. The van der Waals surface area contributed by atoms with E-state index in [1.807, 2.05) is 0 Å². The van der Waals surface area contributed by atoms with E-state index in [0.717, 1.165) is 71.0 Å². The number of piperazine rings is 1. The first kappa shape index (κ1) is 25.4. The first-order valence-corrected chi connectivity index (χ1v) is 10.2. The van der Waals surface area contributed by atoms with Crippen LogP contribution in [0.25, 0.3) is 0 Å². The van der Waals surface area contributed by atoms with Gasteiger partial charge in [0.15, 0.2) is 0 Å². The Bertz CT molecular complexity index is 490. The lowest BCUT2D eigenvalue weighted by Gasteiger charge is -2.48. The van der Waals surface area contributed by atoms with E-state index in [-0.39, 0.29) is 24.8 Å². The molecule has 3 N–H and O–H groups in total. The zero-order chi connectivity index (χ0) is 18.6. The molecule has 0 aromatic carbocycles. The molecule has 1 amide bonds. The maximum absolute atomic E-state index is 11.5. The number of piperidine rings is 1. The van der Waals surface area contributed by atoms with Gasteiger partial charge in [-0.2, -0.15) is 0 Å². The fourth-order valence-electron chi connectivity index (χ4n) is 5.18.